The Morgan fingerprint density at radius 3 is 2.29 bits per heavy atom. The molecule has 0 bridgehead atoms. The van der Waals surface area contributed by atoms with Crippen molar-refractivity contribution in [1.29, 1.82) is 0 Å². The number of carboxylic acid groups (broad SMARTS) is 1. The zero-order valence-electron chi connectivity index (χ0n) is 10.2. The van der Waals surface area contributed by atoms with Crippen molar-refractivity contribution in [3.05, 3.63) is 12.2 Å². The van der Waals surface area contributed by atoms with Crippen LogP contribution in [0.2, 0.25) is 0 Å². The van der Waals surface area contributed by atoms with Crippen LogP contribution in [0.5, 0.6) is 0 Å². The second kappa shape index (κ2) is 7.06. The molecule has 1 atom stereocenters. The van der Waals surface area contributed by atoms with Gasteiger partial charge in [0.05, 0.1) is 6.17 Å². The maximum Gasteiger partial charge on any atom is 0.328 e. The molecule has 2 N–H and O–H groups in total. The van der Waals surface area contributed by atoms with Crippen molar-refractivity contribution in [3.63, 3.8) is 0 Å². The molecule has 17 heavy (non-hydrogen) atoms. The van der Waals surface area contributed by atoms with Crippen LogP contribution >= 0.6 is 0 Å². The number of carbonyl (C=O) groups is 2. The topological polar surface area (TPSA) is 69.6 Å². The van der Waals surface area contributed by atoms with Crippen molar-refractivity contribution in [2.24, 2.45) is 0 Å². The molecule has 1 rings (SSSR count). The molecule has 1 fully saturated rings. The highest BCUT2D eigenvalue weighted by Crippen LogP contribution is 2.11. The van der Waals surface area contributed by atoms with Gasteiger partial charge in [0.1, 0.15) is 0 Å². The fourth-order valence-electron chi connectivity index (χ4n) is 1.97. The summed E-state index contributed by atoms with van der Waals surface area (Å²) in [7, 11) is 0. The van der Waals surface area contributed by atoms with Gasteiger partial charge in [-0.25, -0.2) is 4.79 Å². The molecule has 0 aromatic carbocycles. The van der Waals surface area contributed by atoms with Gasteiger partial charge in [0.15, 0.2) is 0 Å². The lowest BCUT2D eigenvalue weighted by Gasteiger charge is -2.27. The summed E-state index contributed by atoms with van der Waals surface area (Å²) < 4.78 is 0. The zero-order valence-corrected chi connectivity index (χ0v) is 10.2. The van der Waals surface area contributed by atoms with Crippen LogP contribution in [-0.4, -0.2) is 41.1 Å². The smallest absolute Gasteiger partial charge is 0.328 e. The van der Waals surface area contributed by atoms with E-state index in [2.05, 4.69) is 10.2 Å². The van der Waals surface area contributed by atoms with E-state index in [0.717, 1.165) is 38.1 Å². The van der Waals surface area contributed by atoms with Gasteiger partial charge in [-0.15, -0.1) is 0 Å². The van der Waals surface area contributed by atoms with Gasteiger partial charge in [-0.2, -0.15) is 0 Å². The summed E-state index contributed by atoms with van der Waals surface area (Å²) in [4.78, 5) is 23.9. The third kappa shape index (κ3) is 5.49. The monoisotopic (exact) mass is 240 g/mol. The standard InChI is InChI=1S/C12H20N2O3/c1-10(13-11(15)6-7-12(16)17)14-8-4-2-3-5-9-14/h6-7,10H,2-5,8-9H2,1H3,(H,13,15)(H,16,17)/b7-6-. The predicted molar refractivity (Wildman–Crippen MR) is 64.4 cm³/mol. The lowest BCUT2D eigenvalue weighted by molar-refractivity contribution is -0.131. The van der Waals surface area contributed by atoms with E-state index in [-0.39, 0.29) is 12.1 Å². The average molecular weight is 240 g/mol. The molecule has 5 heteroatoms. The molecular weight excluding hydrogens is 220 g/mol. The number of nitrogens with one attached hydrogen (secondary N) is 1. The highest BCUT2D eigenvalue weighted by atomic mass is 16.4. The van der Waals surface area contributed by atoms with E-state index in [4.69, 9.17) is 5.11 Å². The molecule has 5 nitrogen and oxygen atoms in total. The van der Waals surface area contributed by atoms with Crippen molar-refractivity contribution >= 4 is 11.9 Å². The maximum absolute atomic E-state index is 11.4. The molecule has 0 aromatic rings. The molecule has 1 unspecified atom stereocenters. The van der Waals surface area contributed by atoms with E-state index < -0.39 is 5.97 Å². The third-order valence-electron chi connectivity index (χ3n) is 2.92. The minimum atomic E-state index is -1.11. The number of aliphatic carboxylic acids is 1. The van der Waals surface area contributed by atoms with Gasteiger partial charge < -0.3 is 10.4 Å². The number of amides is 1. The molecule has 0 radical (unpaired) electrons. The largest absolute Gasteiger partial charge is 0.478 e. The molecule has 1 aliphatic rings. The minimum Gasteiger partial charge on any atom is -0.478 e. The summed E-state index contributed by atoms with van der Waals surface area (Å²) in [6.07, 6.45) is 6.67. The number of rotatable bonds is 4. The Morgan fingerprint density at radius 1 is 1.18 bits per heavy atom. The van der Waals surface area contributed by atoms with Crippen LogP contribution in [-0.2, 0) is 9.59 Å². The number of hydrogen-bond donors (Lipinski definition) is 2. The Morgan fingerprint density at radius 2 is 1.76 bits per heavy atom. The van der Waals surface area contributed by atoms with Crippen LogP contribution in [0.15, 0.2) is 12.2 Å². The lowest BCUT2D eigenvalue weighted by atomic mass is 10.2. The number of carboxylic acids is 1. The van der Waals surface area contributed by atoms with Gasteiger partial charge in [0.25, 0.3) is 0 Å². The van der Waals surface area contributed by atoms with Gasteiger partial charge in [-0.3, -0.25) is 9.69 Å². The van der Waals surface area contributed by atoms with E-state index in [1.54, 1.807) is 0 Å². The normalized spacial score (nSPS) is 19.8. The highest BCUT2D eigenvalue weighted by Gasteiger charge is 2.16. The molecule has 0 aliphatic carbocycles. The summed E-state index contributed by atoms with van der Waals surface area (Å²) in [5, 5.41) is 11.2. The summed E-state index contributed by atoms with van der Waals surface area (Å²) in [5.74, 6) is -1.47. The van der Waals surface area contributed by atoms with Crippen LogP contribution in [0.3, 0.4) is 0 Å². The number of hydrogen-bond acceptors (Lipinski definition) is 3. The Balaban J connectivity index is 2.38. The Labute approximate surface area is 101 Å². The van der Waals surface area contributed by atoms with E-state index in [0.29, 0.717) is 0 Å². The Hall–Kier alpha value is -1.36. The van der Waals surface area contributed by atoms with Crippen LogP contribution in [0.25, 0.3) is 0 Å². The second-order valence-electron chi connectivity index (χ2n) is 4.31. The molecule has 1 aliphatic heterocycles. The molecule has 1 saturated heterocycles. The van der Waals surface area contributed by atoms with Crippen LogP contribution in [0.1, 0.15) is 32.6 Å². The number of nitrogens with zero attached hydrogens (tertiary/aromatic N) is 1. The highest BCUT2D eigenvalue weighted by molar-refractivity contribution is 5.93. The average Bonchev–Trinajstić information content (AvgIpc) is 2.54. The Bertz CT molecular complexity index is 294. The number of likely N-dealkylation sites (tertiary alicyclic amines) is 1. The van der Waals surface area contributed by atoms with Crippen LogP contribution in [0.4, 0.5) is 0 Å². The quantitative estimate of drug-likeness (QED) is 0.718. The second-order valence-corrected chi connectivity index (χ2v) is 4.31. The minimum absolute atomic E-state index is 0.0426. The van der Waals surface area contributed by atoms with E-state index >= 15 is 0 Å². The van der Waals surface area contributed by atoms with Crippen molar-refractivity contribution in [1.82, 2.24) is 10.2 Å². The summed E-state index contributed by atoms with van der Waals surface area (Å²) in [5.41, 5.74) is 0. The zero-order chi connectivity index (χ0) is 12.7. The molecule has 96 valence electrons. The first-order valence-electron chi connectivity index (χ1n) is 6.05. The van der Waals surface area contributed by atoms with E-state index in [1.807, 2.05) is 6.92 Å². The van der Waals surface area contributed by atoms with Crippen molar-refractivity contribution < 1.29 is 14.7 Å². The van der Waals surface area contributed by atoms with Crippen molar-refractivity contribution in [2.75, 3.05) is 13.1 Å². The fourth-order valence-corrected chi connectivity index (χ4v) is 1.97. The molecule has 0 spiro atoms. The van der Waals surface area contributed by atoms with Crippen molar-refractivity contribution in [3.8, 4) is 0 Å². The van der Waals surface area contributed by atoms with Gasteiger partial charge in [-0.1, -0.05) is 12.8 Å². The predicted octanol–water partition coefficient (Wildman–Crippen LogP) is 0.965. The first-order chi connectivity index (χ1) is 8.09. The molecule has 0 aromatic heterocycles. The van der Waals surface area contributed by atoms with Crippen molar-refractivity contribution in [2.45, 2.75) is 38.8 Å². The fraction of sp³-hybridized carbons (Fsp3) is 0.667. The summed E-state index contributed by atoms with van der Waals surface area (Å²) in [6.45, 7) is 3.91. The Kier molecular flexibility index (Phi) is 5.69. The number of carbonyl (C=O) groups excluding carboxylic acids is 1. The van der Waals surface area contributed by atoms with Gasteiger partial charge >= 0.3 is 5.97 Å². The molecular formula is C12H20N2O3. The summed E-state index contributed by atoms with van der Waals surface area (Å²) in [6, 6.07) is 0. The van der Waals surface area contributed by atoms with Gasteiger partial charge in [0.2, 0.25) is 5.91 Å². The van der Waals surface area contributed by atoms with E-state index in [9.17, 15) is 9.59 Å². The van der Waals surface area contributed by atoms with Crippen LogP contribution < -0.4 is 5.32 Å². The SMILES string of the molecule is CC(NC(=O)/C=C\C(=O)O)N1CCCCCC1. The maximum atomic E-state index is 11.4. The molecule has 1 heterocycles. The first kappa shape index (κ1) is 13.7. The third-order valence-corrected chi connectivity index (χ3v) is 2.92. The van der Waals surface area contributed by atoms with Crippen LogP contribution in [0, 0.1) is 0 Å². The molecule has 1 amide bonds. The van der Waals surface area contributed by atoms with Gasteiger partial charge in [-0.05, 0) is 19.8 Å². The lowest BCUT2D eigenvalue weighted by Crippen LogP contribution is -2.46. The summed E-state index contributed by atoms with van der Waals surface area (Å²) >= 11 is 0. The first-order valence-corrected chi connectivity index (χ1v) is 6.05. The molecule has 0 saturated carbocycles. The van der Waals surface area contributed by atoms with E-state index in [1.165, 1.54) is 12.8 Å². The van der Waals surface area contributed by atoms with Gasteiger partial charge in [0, 0.05) is 25.2 Å².